The zero-order valence-corrected chi connectivity index (χ0v) is 21.2. The lowest BCUT2D eigenvalue weighted by Crippen LogP contribution is -2.32. The van der Waals surface area contributed by atoms with Crippen LogP contribution in [0.15, 0.2) is 70.6 Å². The molecule has 2 heterocycles. The van der Waals surface area contributed by atoms with Crippen LogP contribution in [-0.2, 0) is 13.5 Å². The van der Waals surface area contributed by atoms with Crippen LogP contribution in [0.2, 0.25) is 0 Å². The van der Waals surface area contributed by atoms with Crippen molar-refractivity contribution in [3.05, 3.63) is 77.5 Å². The molecule has 164 valence electrons. The van der Waals surface area contributed by atoms with Gasteiger partial charge < -0.3 is 0 Å². The molecule has 0 saturated heterocycles. The summed E-state index contributed by atoms with van der Waals surface area (Å²) in [4.78, 5) is 2.78. The van der Waals surface area contributed by atoms with Crippen molar-refractivity contribution in [2.75, 3.05) is 0 Å². The second-order valence-corrected chi connectivity index (χ2v) is 11.9. The van der Waals surface area contributed by atoms with Crippen molar-refractivity contribution in [3.8, 4) is 11.3 Å². The summed E-state index contributed by atoms with van der Waals surface area (Å²) in [5, 5.41) is 8.21. The summed E-state index contributed by atoms with van der Waals surface area (Å²) in [7, 11) is 2.20. The molecule has 33 heavy (non-hydrogen) atoms. The quantitative estimate of drug-likeness (QED) is 0.181. The van der Waals surface area contributed by atoms with E-state index < -0.39 is 0 Å². The third-order valence-electron chi connectivity index (χ3n) is 7.13. The number of hydrogen-bond acceptors (Lipinski definition) is 1. The molecular formula is C31H30NS+. The number of nitrogens with zero attached hydrogens (tertiary/aromatic N) is 1. The standard InChI is InChI=1S/C31H30NS/c1-18-22-9-7-8-10-23(22)19(2)30-27(18)29-28-24(13-14-32(29)6)25-15-20(17-31(3,4)5)11-12-21(25)16-26(28)33-30/h7-16H,17H2,1-6H3/q+1. The highest BCUT2D eigenvalue weighted by Gasteiger charge is 2.31. The zero-order valence-electron chi connectivity index (χ0n) is 20.3. The Morgan fingerprint density at radius 2 is 1.55 bits per heavy atom. The molecule has 0 fully saturated rings. The van der Waals surface area contributed by atoms with Crippen molar-refractivity contribution >= 4 is 44.1 Å². The molecule has 2 heteroatoms. The van der Waals surface area contributed by atoms with E-state index in [1.807, 2.05) is 11.8 Å². The lowest BCUT2D eigenvalue weighted by Gasteiger charge is -2.24. The number of fused-ring (bicyclic) bond motifs is 5. The number of benzene rings is 4. The van der Waals surface area contributed by atoms with E-state index >= 15 is 0 Å². The third-order valence-corrected chi connectivity index (χ3v) is 8.38. The van der Waals surface area contributed by atoms with Gasteiger partial charge in [-0.15, -0.1) is 0 Å². The Bertz CT molecular complexity index is 1620. The minimum atomic E-state index is 0.275. The maximum absolute atomic E-state index is 2.43. The van der Waals surface area contributed by atoms with Gasteiger partial charge in [-0.1, -0.05) is 75.0 Å². The summed E-state index contributed by atoms with van der Waals surface area (Å²) in [6.07, 6.45) is 3.34. The first-order valence-corrected chi connectivity index (χ1v) is 12.6. The van der Waals surface area contributed by atoms with Gasteiger partial charge in [-0.05, 0) is 70.0 Å². The van der Waals surface area contributed by atoms with Crippen LogP contribution in [0.4, 0.5) is 0 Å². The minimum Gasteiger partial charge on any atom is -0.200 e. The normalized spacial score (nSPS) is 13.2. The molecular weight excluding hydrogens is 418 g/mol. The van der Waals surface area contributed by atoms with Gasteiger partial charge in [-0.3, -0.25) is 0 Å². The van der Waals surface area contributed by atoms with Crippen LogP contribution in [0.1, 0.15) is 37.5 Å². The Hall–Kier alpha value is -2.84. The summed E-state index contributed by atoms with van der Waals surface area (Å²) in [5.41, 5.74) is 7.22. The van der Waals surface area contributed by atoms with E-state index in [2.05, 4.69) is 107 Å². The number of pyridine rings is 1. The first-order chi connectivity index (χ1) is 15.7. The van der Waals surface area contributed by atoms with Crippen LogP contribution >= 0.6 is 11.8 Å². The van der Waals surface area contributed by atoms with E-state index in [1.54, 1.807) is 0 Å². The molecule has 0 atom stereocenters. The number of aryl methyl sites for hydroxylation is 3. The maximum atomic E-state index is 2.43. The lowest BCUT2D eigenvalue weighted by molar-refractivity contribution is -0.659. The number of rotatable bonds is 1. The molecule has 1 aliphatic rings. The van der Waals surface area contributed by atoms with E-state index in [1.165, 1.54) is 70.1 Å². The summed E-state index contributed by atoms with van der Waals surface area (Å²) in [6, 6.07) is 20.7. The molecule has 0 unspecified atom stereocenters. The summed E-state index contributed by atoms with van der Waals surface area (Å²) in [5.74, 6) is 0. The minimum absolute atomic E-state index is 0.275. The SMILES string of the molecule is Cc1c2c(c(C)c3ccccc13)-c1c3c(cc4ccc(CC(C)(C)C)cc4c3cc[n+]1C)S2. The van der Waals surface area contributed by atoms with E-state index in [9.17, 15) is 0 Å². The topological polar surface area (TPSA) is 3.88 Å². The van der Waals surface area contributed by atoms with Crippen molar-refractivity contribution in [2.24, 2.45) is 12.5 Å². The molecule has 0 aliphatic carbocycles. The average molecular weight is 449 g/mol. The van der Waals surface area contributed by atoms with Crippen molar-refractivity contribution in [1.82, 2.24) is 0 Å². The molecule has 0 saturated carbocycles. The van der Waals surface area contributed by atoms with Crippen LogP contribution in [0, 0.1) is 19.3 Å². The van der Waals surface area contributed by atoms with Gasteiger partial charge >= 0.3 is 0 Å². The highest BCUT2D eigenvalue weighted by atomic mass is 32.2. The van der Waals surface area contributed by atoms with Gasteiger partial charge in [0.2, 0.25) is 5.69 Å². The second-order valence-electron chi connectivity index (χ2n) is 10.8. The van der Waals surface area contributed by atoms with Crippen molar-refractivity contribution < 1.29 is 4.57 Å². The third kappa shape index (κ3) is 3.11. The molecule has 6 rings (SSSR count). The number of aromatic nitrogens is 1. The van der Waals surface area contributed by atoms with Gasteiger partial charge in [0.05, 0.1) is 10.9 Å². The first-order valence-electron chi connectivity index (χ1n) is 11.8. The fourth-order valence-electron chi connectivity index (χ4n) is 5.68. The maximum Gasteiger partial charge on any atom is 0.222 e. The lowest BCUT2D eigenvalue weighted by atomic mass is 9.86. The number of hydrogen-bond donors (Lipinski definition) is 0. The van der Waals surface area contributed by atoms with Crippen LogP contribution in [-0.4, -0.2) is 0 Å². The van der Waals surface area contributed by atoms with Gasteiger partial charge in [-0.2, -0.15) is 0 Å². The van der Waals surface area contributed by atoms with Gasteiger partial charge in [0, 0.05) is 21.2 Å². The Balaban J connectivity index is 1.73. The second kappa shape index (κ2) is 7.08. The smallest absolute Gasteiger partial charge is 0.200 e. The molecule has 0 radical (unpaired) electrons. The highest BCUT2D eigenvalue weighted by molar-refractivity contribution is 8.00. The van der Waals surface area contributed by atoms with Gasteiger partial charge in [0.15, 0.2) is 6.20 Å². The molecule has 5 aromatic rings. The fourth-order valence-corrected chi connectivity index (χ4v) is 7.01. The molecule has 0 N–H and O–H groups in total. The predicted octanol–water partition coefficient (Wildman–Crippen LogP) is 8.31. The molecule has 1 aliphatic heterocycles. The largest absolute Gasteiger partial charge is 0.222 e. The van der Waals surface area contributed by atoms with Crippen LogP contribution in [0.25, 0.3) is 43.6 Å². The van der Waals surface area contributed by atoms with E-state index in [0.717, 1.165) is 6.42 Å². The van der Waals surface area contributed by atoms with Gasteiger partial charge in [-0.25, -0.2) is 4.57 Å². The Morgan fingerprint density at radius 3 is 2.27 bits per heavy atom. The average Bonchev–Trinajstić information content (AvgIpc) is 2.78. The summed E-state index contributed by atoms with van der Waals surface area (Å²) >= 11 is 1.96. The van der Waals surface area contributed by atoms with Crippen molar-refractivity contribution in [3.63, 3.8) is 0 Å². The van der Waals surface area contributed by atoms with E-state index in [-0.39, 0.29) is 5.41 Å². The highest BCUT2D eigenvalue weighted by Crippen LogP contribution is 2.52. The first kappa shape index (κ1) is 20.7. The Kier molecular flexibility index (Phi) is 4.45. The van der Waals surface area contributed by atoms with E-state index in [0.29, 0.717) is 0 Å². The Labute approximate surface area is 200 Å². The molecule has 0 bridgehead atoms. The predicted molar refractivity (Wildman–Crippen MR) is 142 cm³/mol. The van der Waals surface area contributed by atoms with Crippen LogP contribution in [0.5, 0.6) is 0 Å². The van der Waals surface area contributed by atoms with Gasteiger partial charge in [0.25, 0.3) is 0 Å². The van der Waals surface area contributed by atoms with Crippen molar-refractivity contribution in [1.29, 1.82) is 0 Å². The van der Waals surface area contributed by atoms with Gasteiger partial charge in [0.1, 0.15) is 7.05 Å². The van der Waals surface area contributed by atoms with Crippen LogP contribution in [0.3, 0.4) is 0 Å². The monoisotopic (exact) mass is 448 g/mol. The summed E-state index contributed by atoms with van der Waals surface area (Å²) in [6.45, 7) is 11.5. The molecule has 0 spiro atoms. The summed E-state index contributed by atoms with van der Waals surface area (Å²) < 4.78 is 2.33. The van der Waals surface area contributed by atoms with E-state index in [4.69, 9.17) is 0 Å². The van der Waals surface area contributed by atoms with Crippen molar-refractivity contribution in [2.45, 2.75) is 50.8 Å². The molecule has 4 aromatic carbocycles. The fraction of sp³-hybridized carbons (Fsp3) is 0.258. The molecule has 1 aromatic heterocycles. The zero-order chi connectivity index (χ0) is 23.1. The van der Waals surface area contributed by atoms with Crippen LogP contribution < -0.4 is 4.57 Å². The Morgan fingerprint density at radius 1 is 0.818 bits per heavy atom. The molecule has 1 nitrogen and oxygen atoms in total. The molecule has 0 amide bonds.